The third kappa shape index (κ3) is 3.36. The van der Waals surface area contributed by atoms with Crippen molar-refractivity contribution in [1.82, 2.24) is 4.72 Å². The largest absolute Gasteiger partial charge is 0.478 e. The van der Waals surface area contributed by atoms with Crippen LogP contribution in [0.3, 0.4) is 0 Å². The molecule has 0 fully saturated rings. The van der Waals surface area contributed by atoms with E-state index >= 15 is 0 Å². The Morgan fingerprint density at radius 3 is 2.42 bits per heavy atom. The molecule has 0 aliphatic rings. The highest BCUT2D eigenvalue weighted by atomic mass is 32.2. The summed E-state index contributed by atoms with van der Waals surface area (Å²) in [5.41, 5.74) is -0.297. The second kappa shape index (κ2) is 5.75. The molecule has 19 heavy (non-hydrogen) atoms. The van der Waals surface area contributed by atoms with Gasteiger partial charge in [-0.2, -0.15) is 0 Å². The lowest BCUT2D eigenvalue weighted by molar-refractivity contribution is 0.0691. The van der Waals surface area contributed by atoms with Crippen molar-refractivity contribution in [2.24, 2.45) is 5.92 Å². The van der Waals surface area contributed by atoms with Crippen LogP contribution in [0.25, 0.3) is 0 Å². The van der Waals surface area contributed by atoms with Gasteiger partial charge in [0, 0.05) is 6.54 Å². The second-order valence-corrected chi connectivity index (χ2v) is 6.29. The average molecular weight is 289 g/mol. The quantitative estimate of drug-likeness (QED) is 0.834. The van der Waals surface area contributed by atoms with Gasteiger partial charge < -0.3 is 9.52 Å². The maximum absolute atomic E-state index is 12.2. The summed E-state index contributed by atoms with van der Waals surface area (Å²) >= 11 is 0. The first kappa shape index (κ1) is 15.7. The van der Waals surface area contributed by atoms with Crippen molar-refractivity contribution in [2.75, 3.05) is 6.54 Å². The summed E-state index contributed by atoms with van der Waals surface area (Å²) in [6, 6.07) is 0. The van der Waals surface area contributed by atoms with Crippen molar-refractivity contribution in [3.05, 3.63) is 17.1 Å². The zero-order valence-electron chi connectivity index (χ0n) is 11.5. The summed E-state index contributed by atoms with van der Waals surface area (Å²) in [4.78, 5) is 10.9. The van der Waals surface area contributed by atoms with E-state index in [-0.39, 0.29) is 34.4 Å². The molecular weight excluding hydrogens is 270 g/mol. The molecule has 1 rings (SSSR count). The van der Waals surface area contributed by atoms with Gasteiger partial charge in [-0.15, -0.1) is 0 Å². The summed E-state index contributed by atoms with van der Waals surface area (Å²) in [5.74, 6) is -0.949. The van der Waals surface area contributed by atoms with Gasteiger partial charge in [0.25, 0.3) is 0 Å². The van der Waals surface area contributed by atoms with E-state index in [0.717, 1.165) is 6.42 Å². The van der Waals surface area contributed by atoms with Gasteiger partial charge in [0.15, 0.2) is 0 Å². The summed E-state index contributed by atoms with van der Waals surface area (Å²) in [6.45, 7) is 7.01. The Morgan fingerprint density at radius 1 is 1.37 bits per heavy atom. The zero-order chi connectivity index (χ0) is 14.8. The third-order valence-corrected chi connectivity index (χ3v) is 4.58. The lowest BCUT2D eigenvalue weighted by Gasteiger charge is -2.10. The Hall–Kier alpha value is -1.34. The average Bonchev–Trinajstić information content (AvgIpc) is 2.61. The van der Waals surface area contributed by atoms with Gasteiger partial charge in [-0.25, -0.2) is 17.9 Å². The number of carboxylic acids is 1. The lowest BCUT2D eigenvalue weighted by atomic mass is 10.1. The van der Waals surface area contributed by atoms with Gasteiger partial charge in [-0.1, -0.05) is 20.3 Å². The van der Waals surface area contributed by atoms with Crippen molar-refractivity contribution in [1.29, 1.82) is 0 Å². The molecule has 6 nitrogen and oxygen atoms in total. The minimum absolute atomic E-state index is 0.0894. The number of hydrogen-bond donors (Lipinski definition) is 2. The topological polar surface area (TPSA) is 96.6 Å². The molecule has 1 unspecified atom stereocenters. The summed E-state index contributed by atoms with van der Waals surface area (Å²) in [6.07, 6.45) is 0.831. The molecule has 2 N–H and O–H groups in total. The van der Waals surface area contributed by atoms with Crippen molar-refractivity contribution in [2.45, 2.75) is 39.0 Å². The maximum Gasteiger partial charge on any atom is 0.340 e. The van der Waals surface area contributed by atoms with Gasteiger partial charge >= 0.3 is 5.97 Å². The van der Waals surface area contributed by atoms with Gasteiger partial charge in [-0.05, 0) is 19.8 Å². The number of rotatable bonds is 6. The number of nitrogens with one attached hydrogen (secondary N) is 1. The van der Waals surface area contributed by atoms with Crippen LogP contribution < -0.4 is 4.72 Å². The van der Waals surface area contributed by atoms with Crippen molar-refractivity contribution in [3.63, 3.8) is 0 Å². The molecule has 0 saturated heterocycles. The first-order chi connectivity index (χ1) is 8.70. The summed E-state index contributed by atoms with van der Waals surface area (Å²) in [7, 11) is -3.88. The van der Waals surface area contributed by atoms with Crippen LogP contribution in [-0.2, 0) is 10.0 Å². The first-order valence-electron chi connectivity index (χ1n) is 6.03. The number of furan rings is 1. The van der Waals surface area contributed by atoms with E-state index in [9.17, 15) is 13.2 Å². The molecule has 108 valence electrons. The van der Waals surface area contributed by atoms with Crippen LogP contribution in [0.15, 0.2) is 9.31 Å². The van der Waals surface area contributed by atoms with E-state index in [0.29, 0.717) is 0 Å². The third-order valence-electron chi connectivity index (χ3n) is 3.01. The van der Waals surface area contributed by atoms with Gasteiger partial charge in [0.1, 0.15) is 22.0 Å². The monoisotopic (exact) mass is 289 g/mol. The van der Waals surface area contributed by atoms with Crippen LogP contribution in [0.2, 0.25) is 0 Å². The van der Waals surface area contributed by atoms with Crippen molar-refractivity contribution < 1.29 is 22.7 Å². The van der Waals surface area contributed by atoms with E-state index in [1.165, 1.54) is 13.8 Å². The Kier molecular flexibility index (Phi) is 4.75. The fourth-order valence-electron chi connectivity index (χ4n) is 1.70. The van der Waals surface area contributed by atoms with Crippen molar-refractivity contribution >= 4 is 16.0 Å². The Bertz CT molecular complexity index is 573. The molecule has 0 radical (unpaired) electrons. The molecule has 0 amide bonds. The van der Waals surface area contributed by atoms with Crippen LogP contribution in [0.5, 0.6) is 0 Å². The zero-order valence-corrected chi connectivity index (χ0v) is 12.3. The molecule has 1 aromatic heterocycles. The highest BCUT2D eigenvalue weighted by Gasteiger charge is 2.30. The van der Waals surface area contributed by atoms with Gasteiger partial charge in [0.05, 0.1) is 0 Å². The Labute approximate surface area is 112 Å². The maximum atomic E-state index is 12.2. The molecule has 1 heterocycles. The molecule has 1 aromatic rings. The molecule has 0 bridgehead atoms. The SMILES string of the molecule is CCC(C)CNS(=O)(=O)c1c(C)oc(C)c1C(=O)O. The Morgan fingerprint density at radius 2 is 1.95 bits per heavy atom. The number of carbonyl (C=O) groups is 1. The Balaban J connectivity index is 3.18. The number of hydrogen-bond acceptors (Lipinski definition) is 4. The molecular formula is C12H19NO5S. The first-order valence-corrected chi connectivity index (χ1v) is 7.52. The highest BCUT2D eigenvalue weighted by Crippen LogP contribution is 2.26. The fraction of sp³-hybridized carbons (Fsp3) is 0.583. The van der Waals surface area contributed by atoms with E-state index in [4.69, 9.17) is 9.52 Å². The van der Waals surface area contributed by atoms with E-state index in [1.807, 2.05) is 13.8 Å². The van der Waals surface area contributed by atoms with E-state index in [1.54, 1.807) is 0 Å². The minimum atomic E-state index is -3.88. The predicted molar refractivity (Wildman–Crippen MR) is 69.8 cm³/mol. The van der Waals surface area contributed by atoms with Crippen LogP contribution in [-0.4, -0.2) is 26.0 Å². The number of sulfonamides is 1. The molecule has 0 spiro atoms. The fourth-order valence-corrected chi connectivity index (χ4v) is 3.27. The van der Waals surface area contributed by atoms with Gasteiger partial charge in [0.2, 0.25) is 10.0 Å². The highest BCUT2D eigenvalue weighted by molar-refractivity contribution is 7.89. The van der Waals surface area contributed by atoms with E-state index in [2.05, 4.69) is 4.72 Å². The van der Waals surface area contributed by atoms with Crippen molar-refractivity contribution in [3.8, 4) is 0 Å². The summed E-state index contributed by atoms with van der Waals surface area (Å²) < 4.78 is 31.9. The van der Waals surface area contributed by atoms with Crippen LogP contribution in [0.1, 0.15) is 42.1 Å². The number of aromatic carboxylic acids is 1. The lowest BCUT2D eigenvalue weighted by Crippen LogP contribution is -2.29. The predicted octanol–water partition coefficient (Wildman–Crippen LogP) is 1.92. The minimum Gasteiger partial charge on any atom is -0.478 e. The number of aryl methyl sites for hydroxylation is 2. The molecule has 0 aliphatic heterocycles. The molecule has 0 aliphatic carbocycles. The summed E-state index contributed by atoms with van der Waals surface area (Å²) in [5, 5.41) is 9.09. The second-order valence-electron chi connectivity index (χ2n) is 4.59. The molecule has 7 heteroatoms. The van der Waals surface area contributed by atoms with Gasteiger partial charge in [-0.3, -0.25) is 0 Å². The van der Waals surface area contributed by atoms with Crippen LogP contribution >= 0.6 is 0 Å². The van der Waals surface area contributed by atoms with Crippen LogP contribution in [0.4, 0.5) is 0 Å². The standard InChI is InChI=1S/C12H19NO5S/c1-5-7(2)6-13-19(16,17)11-9(4)18-8(3)10(11)12(14)15/h7,13H,5-6H2,1-4H3,(H,14,15). The van der Waals surface area contributed by atoms with Crippen LogP contribution in [0, 0.1) is 19.8 Å². The van der Waals surface area contributed by atoms with E-state index < -0.39 is 16.0 Å². The molecule has 1 atom stereocenters. The molecule has 0 aromatic carbocycles. The smallest absolute Gasteiger partial charge is 0.340 e. The number of carboxylic acid groups (broad SMARTS) is 1. The normalized spacial score (nSPS) is 13.5. The molecule has 0 saturated carbocycles.